The lowest BCUT2D eigenvalue weighted by molar-refractivity contribution is 0.0953. The van der Waals surface area contributed by atoms with Gasteiger partial charge < -0.3 is 10.6 Å². The second-order valence-corrected chi connectivity index (χ2v) is 6.89. The predicted molar refractivity (Wildman–Crippen MR) is 92.2 cm³/mol. The zero-order valence-electron chi connectivity index (χ0n) is 13.3. The molecule has 0 radical (unpaired) electrons. The van der Waals surface area contributed by atoms with E-state index in [-0.39, 0.29) is 10.8 Å². The SMILES string of the molecule is Cc1ccc(NCCCNC(=O)c2ccc(S(N)(=O)=O)cc2)nc1. The van der Waals surface area contributed by atoms with Crippen LogP contribution < -0.4 is 15.8 Å². The van der Waals surface area contributed by atoms with E-state index in [2.05, 4.69) is 15.6 Å². The molecule has 1 amide bonds. The standard InChI is InChI=1S/C16H20N4O3S/c1-12-3-8-15(20-11-12)18-9-2-10-19-16(21)13-4-6-14(7-5-13)24(17,22)23/h3-8,11H,2,9-10H2,1H3,(H,18,20)(H,19,21)(H2,17,22,23). The van der Waals surface area contributed by atoms with Gasteiger partial charge in [0, 0.05) is 24.8 Å². The highest BCUT2D eigenvalue weighted by Gasteiger charge is 2.09. The van der Waals surface area contributed by atoms with Crippen molar-refractivity contribution < 1.29 is 13.2 Å². The molecular weight excluding hydrogens is 328 g/mol. The molecule has 0 aliphatic carbocycles. The number of aromatic nitrogens is 1. The van der Waals surface area contributed by atoms with Gasteiger partial charge in [0.15, 0.2) is 0 Å². The lowest BCUT2D eigenvalue weighted by Gasteiger charge is -2.08. The van der Waals surface area contributed by atoms with Gasteiger partial charge in [-0.1, -0.05) is 6.07 Å². The number of hydrogen-bond acceptors (Lipinski definition) is 5. The lowest BCUT2D eigenvalue weighted by atomic mass is 10.2. The second-order valence-electron chi connectivity index (χ2n) is 5.33. The number of amides is 1. The Balaban J connectivity index is 1.74. The number of carbonyl (C=O) groups is 1. The van der Waals surface area contributed by atoms with Gasteiger partial charge in [0.25, 0.3) is 5.91 Å². The van der Waals surface area contributed by atoms with Crippen LogP contribution in [0.5, 0.6) is 0 Å². The summed E-state index contributed by atoms with van der Waals surface area (Å²) < 4.78 is 22.3. The molecule has 0 unspecified atom stereocenters. The second kappa shape index (κ2) is 7.89. The smallest absolute Gasteiger partial charge is 0.251 e. The highest BCUT2D eigenvalue weighted by atomic mass is 32.2. The molecule has 0 saturated heterocycles. The number of primary sulfonamides is 1. The maximum absolute atomic E-state index is 12.0. The largest absolute Gasteiger partial charge is 0.370 e. The van der Waals surface area contributed by atoms with Crippen LogP contribution in [-0.4, -0.2) is 32.4 Å². The fourth-order valence-corrected chi connectivity index (χ4v) is 2.49. The summed E-state index contributed by atoms with van der Waals surface area (Å²) in [5.74, 6) is 0.537. The summed E-state index contributed by atoms with van der Waals surface area (Å²) >= 11 is 0. The highest BCUT2D eigenvalue weighted by Crippen LogP contribution is 2.08. The van der Waals surface area contributed by atoms with Crippen LogP contribution in [0.25, 0.3) is 0 Å². The summed E-state index contributed by atoms with van der Waals surface area (Å²) in [6.45, 7) is 3.15. The molecule has 0 spiro atoms. The Labute approximate surface area is 141 Å². The van der Waals surface area contributed by atoms with Gasteiger partial charge in [0.05, 0.1) is 4.90 Å². The molecule has 0 aliphatic rings. The van der Waals surface area contributed by atoms with Crippen molar-refractivity contribution in [3.63, 3.8) is 0 Å². The molecule has 1 aromatic heterocycles. The third-order valence-electron chi connectivity index (χ3n) is 3.30. The van der Waals surface area contributed by atoms with Crippen LogP contribution in [0, 0.1) is 6.92 Å². The number of rotatable bonds is 7. The molecule has 128 valence electrons. The fourth-order valence-electron chi connectivity index (χ4n) is 1.98. The van der Waals surface area contributed by atoms with Gasteiger partial charge in [0.1, 0.15) is 5.82 Å². The van der Waals surface area contributed by atoms with Crippen LogP contribution in [0.1, 0.15) is 22.3 Å². The van der Waals surface area contributed by atoms with Gasteiger partial charge in [-0.2, -0.15) is 0 Å². The molecule has 2 rings (SSSR count). The number of nitrogens with one attached hydrogen (secondary N) is 2. The Bertz CT molecular complexity index is 787. The maximum atomic E-state index is 12.0. The van der Waals surface area contributed by atoms with E-state index in [9.17, 15) is 13.2 Å². The van der Waals surface area contributed by atoms with Crippen molar-refractivity contribution in [3.05, 3.63) is 53.7 Å². The average molecular weight is 348 g/mol. The summed E-state index contributed by atoms with van der Waals surface area (Å²) in [6.07, 6.45) is 2.52. The summed E-state index contributed by atoms with van der Waals surface area (Å²) in [7, 11) is -3.74. The van der Waals surface area contributed by atoms with E-state index in [0.717, 1.165) is 17.8 Å². The quantitative estimate of drug-likeness (QED) is 0.652. The Morgan fingerprint density at radius 3 is 2.42 bits per heavy atom. The van der Waals surface area contributed by atoms with E-state index in [4.69, 9.17) is 5.14 Å². The fraction of sp³-hybridized carbons (Fsp3) is 0.250. The summed E-state index contributed by atoms with van der Waals surface area (Å²) in [5.41, 5.74) is 1.48. The van der Waals surface area contributed by atoms with Crippen LogP contribution in [0.3, 0.4) is 0 Å². The minimum absolute atomic E-state index is 0.0196. The third-order valence-corrected chi connectivity index (χ3v) is 4.23. The Hall–Kier alpha value is -2.45. The van der Waals surface area contributed by atoms with Crippen molar-refractivity contribution in [3.8, 4) is 0 Å². The third kappa shape index (κ3) is 5.32. The number of hydrogen-bond donors (Lipinski definition) is 3. The van der Waals surface area contributed by atoms with E-state index >= 15 is 0 Å². The zero-order chi connectivity index (χ0) is 17.6. The molecule has 24 heavy (non-hydrogen) atoms. The molecule has 7 nitrogen and oxygen atoms in total. The van der Waals surface area contributed by atoms with E-state index in [1.165, 1.54) is 24.3 Å². The van der Waals surface area contributed by atoms with Crippen molar-refractivity contribution >= 4 is 21.7 Å². The number of anilines is 1. The summed E-state index contributed by atoms with van der Waals surface area (Å²) in [6, 6.07) is 9.38. The predicted octanol–water partition coefficient (Wildman–Crippen LogP) is 1.27. The molecule has 2 aromatic rings. The van der Waals surface area contributed by atoms with Gasteiger partial charge >= 0.3 is 0 Å². The van der Waals surface area contributed by atoms with Gasteiger partial charge in [-0.05, 0) is 49.2 Å². The molecule has 1 heterocycles. The number of carbonyl (C=O) groups excluding carboxylic acids is 1. The summed E-state index contributed by atoms with van der Waals surface area (Å²) in [4.78, 5) is 16.2. The molecular formula is C16H20N4O3S. The van der Waals surface area contributed by atoms with Crippen LogP contribution in [0.2, 0.25) is 0 Å². The van der Waals surface area contributed by atoms with Gasteiger partial charge in [-0.25, -0.2) is 18.5 Å². The molecule has 4 N–H and O–H groups in total. The van der Waals surface area contributed by atoms with Crippen LogP contribution in [0.4, 0.5) is 5.82 Å². The topological polar surface area (TPSA) is 114 Å². The van der Waals surface area contributed by atoms with E-state index in [1.807, 2.05) is 19.1 Å². The van der Waals surface area contributed by atoms with E-state index < -0.39 is 10.0 Å². The van der Waals surface area contributed by atoms with E-state index in [0.29, 0.717) is 18.7 Å². The first-order chi connectivity index (χ1) is 11.4. The molecule has 0 aliphatic heterocycles. The number of pyridine rings is 1. The summed E-state index contributed by atoms with van der Waals surface area (Å²) in [5, 5.41) is 11.0. The number of sulfonamides is 1. The molecule has 0 atom stereocenters. The minimum Gasteiger partial charge on any atom is -0.370 e. The van der Waals surface area contributed by atoms with Crippen molar-refractivity contribution in [2.45, 2.75) is 18.2 Å². The Morgan fingerprint density at radius 1 is 1.12 bits per heavy atom. The average Bonchev–Trinajstić information content (AvgIpc) is 2.55. The normalized spacial score (nSPS) is 11.1. The first-order valence-corrected chi connectivity index (χ1v) is 8.98. The van der Waals surface area contributed by atoms with Crippen molar-refractivity contribution in [1.82, 2.24) is 10.3 Å². The zero-order valence-corrected chi connectivity index (χ0v) is 14.1. The van der Waals surface area contributed by atoms with Gasteiger partial charge in [-0.3, -0.25) is 4.79 Å². The lowest BCUT2D eigenvalue weighted by Crippen LogP contribution is -2.26. The maximum Gasteiger partial charge on any atom is 0.251 e. The Kier molecular flexibility index (Phi) is 5.88. The number of benzene rings is 1. The number of aryl methyl sites for hydroxylation is 1. The van der Waals surface area contributed by atoms with Crippen molar-refractivity contribution in [2.75, 3.05) is 18.4 Å². The number of nitrogens with zero attached hydrogens (tertiary/aromatic N) is 1. The molecule has 0 fully saturated rings. The van der Waals surface area contributed by atoms with Crippen molar-refractivity contribution in [2.24, 2.45) is 5.14 Å². The highest BCUT2D eigenvalue weighted by molar-refractivity contribution is 7.89. The van der Waals surface area contributed by atoms with E-state index in [1.54, 1.807) is 6.20 Å². The first kappa shape index (κ1) is 17.9. The van der Waals surface area contributed by atoms with Gasteiger partial charge in [-0.15, -0.1) is 0 Å². The molecule has 0 bridgehead atoms. The first-order valence-electron chi connectivity index (χ1n) is 7.44. The van der Waals surface area contributed by atoms with Crippen LogP contribution in [-0.2, 0) is 10.0 Å². The molecule has 0 saturated carbocycles. The molecule has 8 heteroatoms. The Morgan fingerprint density at radius 2 is 1.83 bits per heavy atom. The minimum atomic E-state index is -3.74. The van der Waals surface area contributed by atoms with Crippen LogP contribution >= 0.6 is 0 Å². The van der Waals surface area contributed by atoms with Gasteiger partial charge in [0.2, 0.25) is 10.0 Å². The van der Waals surface area contributed by atoms with Crippen LogP contribution in [0.15, 0.2) is 47.5 Å². The van der Waals surface area contributed by atoms with Crippen molar-refractivity contribution in [1.29, 1.82) is 0 Å². The molecule has 1 aromatic carbocycles. The monoisotopic (exact) mass is 348 g/mol. The number of nitrogens with two attached hydrogens (primary N) is 1.